The quantitative estimate of drug-likeness (QED) is 0.737. The van der Waals surface area contributed by atoms with Gasteiger partial charge in [0.2, 0.25) is 11.8 Å². The molecule has 2 amide bonds. The summed E-state index contributed by atoms with van der Waals surface area (Å²) in [6.07, 6.45) is 0.906. The van der Waals surface area contributed by atoms with Crippen LogP contribution in [-0.2, 0) is 26.2 Å². The molecule has 146 valence electrons. The predicted molar refractivity (Wildman–Crippen MR) is 106 cm³/mol. The zero-order valence-electron chi connectivity index (χ0n) is 15.9. The fraction of sp³-hybridized carbons (Fsp3) is 0.318. The molecule has 0 saturated heterocycles. The molecule has 6 heteroatoms. The van der Waals surface area contributed by atoms with E-state index in [4.69, 9.17) is 5.11 Å². The summed E-state index contributed by atoms with van der Waals surface area (Å²) in [6.45, 7) is 0.0876. The van der Waals surface area contributed by atoms with Crippen molar-refractivity contribution in [2.75, 3.05) is 18.5 Å². The van der Waals surface area contributed by atoms with E-state index in [2.05, 4.69) is 5.32 Å². The van der Waals surface area contributed by atoms with Crippen molar-refractivity contribution in [2.24, 2.45) is 0 Å². The monoisotopic (exact) mass is 380 g/mol. The molecule has 0 aromatic heterocycles. The van der Waals surface area contributed by atoms with Crippen LogP contribution in [0.4, 0.5) is 5.69 Å². The van der Waals surface area contributed by atoms with Crippen LogP contribution in [0, 0.1) is 0 Å². The van der Waals surface area contributed by atoms with Gasteiger partial charge in [0.1, 0.15) is 0 Å². The smallest absolute Gasteiger partial charge is 0.305 e. The van der Waals surface area contributed by atoms with E-state index < -0.39 is 11.4 Å². The number of rotatable bonds is 8. The van der Waals surface area contributed by atoms with Crippen LogP contribution in [0.15, 0.2) is 54.6 Å². The number of aliphatic carboxylic acids is 1. The lowest BCUT2D eigenvalue weighted by Gasteiger charge is -2.28. The third-order valence-corrected chi connectivity index (χ3v) is 5.28. The molecular weight excluding hydrogens is 356 g/mol. The van der Waals surface area contributed by atoms with Crippen molar-refractivity contribution in [3.63, 3.8) is 0 Å². The largest absolute Gasteiger partial charge is 0.481 e. The number of fused-ring (bicyclic) bond motifs is 1. The van der Waals surface area contributed by atoms with Crippen molar-refractivity contribution < 1.29 is 19.5 Å². The number of para-hydroxylation sites is 1. The van der Waals surface area contributed by atoms with Crippen molar-refractivity contribution in [1.82, 2.24) is 5.32 Å². The molecule has 1 atom stereocenters. The van der Waals surface area contributed by atoms with Crippen molar-refractivity contribution in [2.45, 2.75) is 31.1 Å². The highest BCUT2D eigenvalue weighted by Crippen LogP contribution is 2.46. The van der Waals surface area contributed by atoms with Crippen LogP contribution < -0.4 is 10.2 Å². The molecule has 0 spiro atoms. The molecule has 0 radical (unpaired) electrons. The predicted octanol–water partition coefficient (Wildman–Crippen LogP) is 2.51. The third kappa shape index (κ3) is 3.91. The number of likely N-dealkylation sites (N-methyl/N-ethyl adjacent to an activating group) is 1. The second-order valence-corrected chi connectivity index (χ2v) is 7.12. The fourth-order valence-electron chi connectivity index (χ4n) is 3.89. The number of carbonyl (C=O) groups is 3. The van der Waals surface area contributed by atoms with E-state index in [1.165, 1.54) is 0 Å². The highest BCUT2D eigenvalue weighted by molar-refractivity contribution is 6.08. The van der Waals surface area contributed by atoms with Crippen molar-refractivity contribution in [1.29, 1.82) is 0 Å². The summed E-state index contributed by atoms with van der Waals surface area (Å²) in [5.41, 5.74) is 2.03. The molecule has 1 heterocycles. The minimum Gasteiger partial charge on any atom is -0.481 e. The number of carboxylic acids is 1. The lowest BCUT2D eigenvalue weighted by molar-refractivity contribution is -0.137. The van der Waals surface area contributed by atoms with Gasteiger partial charge in [-0.05, 0) is 30.0 Å². The maximum absolute atomic E-state index is 13.3. The highest BCUT2D eigenvalue weighted by atomic mass is 16.4. The number of carboxylic acid groups (broad SMARTS) is 1. The van der Waals surface area contributed by atoms with Gasteiger partial charge in [0, 0.05) is 25.7 Å². The van der Waals surface area contributed by atoms with E-state index in [0.29, 0.717) is 12.8 Å². The lowest BCUT2D eigenvalue weighted by Crippen LogP contribution is -2.41. The molecule has 2 N–H and O–H groups in total. The molecule has 1 aliphatic rings. The van der Waals surface area contributed by atoms with Crippen molar-refractivity contribution in [3.05, 3.63) is 65.7 Å². The molecule has 2 aromatic rings. The summed E-state index contributed by atoms with van der Waals surface area (Å²) >= 11 is 0. The van der Waals surface area contributed by atoms with Gasteiger partial charge in [-0.2, -0.15) is 0 Å². The molecular formula is C22H24N2O4. The Hall–Kier alpha value is -3.15. The standard InChI is InChI=1S/C22H24N2O4/c1-24-18-10-6-5-9-17(18)22(21(24)28,15-16-7-3-2-4-8-16)13-11-19(25)23-14-12-20(26)27/h2-10H,11-15H2,1H3,(H,23,25)(H,26,27)/t22-/m0/s1. The number of amides is 2. The average molecular weight is 380 g/mol. The lowest BCUT2D eigenvalue weighted by atomic mass is 9.73. The van der Waals surface area contributed by atoms with Gasteiger partial charge in [-0.1, -0.05) is 48.5 Å². The van der Waals surface area contributed by atoms with Gasteiger partial charge in [-0.25, -0.2) is 0 Å². The number of anilines is 1. The number of hydrogen-bond donors (Lipinski definition) is 2. The summed E-state index contributed by atoms with van der Waals surface area (Å²) in [5, 5.41) is 11.3. The minimum atomic E-state index is -0.956. The average Bonchev–Trinajstić information content (AvgIpc) is 2.90. The van der Waals surface area contributed by atoms with Gasteiger partial charge >= 0.3 is 5.97 Å². The van der Waals surface area contributed by atoms with Crippen LogP contribution in [0.1, 0.15) is 30.4 Å². The van der Waals surface area contributed by atoms with Gasteiger partial charge < -0.3 is 15.3 Å². The third-order valence-electron chi connectivity index (χ3n) is 5.28. The van der Waals surface area contributed by atoms with Crippen molar-refractivity contribution in [3.8, 4) is 0 Å². The van der Waals surface area contributed by atoms with Crippen LogP contribution in [0.2, 0.25) is 0 Å². The molecule has 0 unspecified atom stereocenters. The molecule has 28 heavy (non-hydrogen) atoms. The molecule has 0 aliphatic carbocycles. The number of carbonyl (C=O) groups excluding carboxylic acids is 2. The zero-order chi connectivity index (χ0) is 20.1. The molecule has 2 aromatic carbocycles. The van der Waals surface area contributed by atoms with Crippen molar-refractivity contribution >= 4 is 23.5 Å². The van der Waals surface area contributed by atoms with Gasteiger partial charge in [0.15, 0.2) is 0 Å². The Balaban J connectivity index is 1.85. The molecule has 0 saturated carbocycles. The second kappa shape index (κ2) is 8.25. The number of hydrogen-bond acceptors (Lipinski definition) is 3. The minimum absolute atomic E-state index is 0.0177. The number of nitrogens with one attached hydrogen (secondary N) is 1. The normalized spacial score (nSPS) is 18.0. The maximum atomic E-state index is 13.3. The molecule has 0 fully saturated rings. The van der Waals surface area contributed by atoms with Crippen LogP contribution in [0.3, 0.4) is 0 Å². The summed E-state index contributed by atoms with van der Waals surface area (Å²) in [4.78, 5) is 37.9. The first kappa shape index (κ1) is 19.6. The van der Waals surface area contributed by atoms with E-state index in [1.54, 1.807) is 11.9 Å². The first-order chi connectivity index (χ1) is 13.4. The number of benzene rings is 2. The fourth-order valence-corrected chi connectivity index (χ4v) is 3.89. The Kier molecular flexibility index (Phi) is 5.78. The van der Waals surface area contributed by atoms with Crippen LogP contribution in [-0.4, -0.2) is 36.5 Å². The SMILES string of the molecule is CN1C(=O)[C@@](CCC(=O)NCCC(=O)O)(Cc2ccccc2)c2ccccc21. The first-order valence-electron chi connectivity index (χ1n) is 9.34. The second-order valence-electron chi connectivity index (χ2n) is 7.12. The summed E-state index contributed by atoms with van der Waals surface area (Å²) in [7, 11) is 1.76. The Morgan fingerprint density at radius 2 is 1.71 bits per heavy atom. The Bertz CT molecular complexity index is 881. The molecule has 1 aliphatic heterocycles. The Morgan fingerprint density at radius 3 is 2.43 bits per heavy atom. The van der Waals surface area contributed by atoms with E-state index in [-0.39, 0.29) is 31.2 Å². The Labute approximate surface area is 164 Å². The zero-order valence-corrected chi connectivity index (χ0v) is 15.9. The topological polar surface area (TPSA) is 86.7 Å². The van der Waals surface area contributed by atoms with E-state index >= 15 is 0 Å². The van der Waals surface area contributed by atoms with Crippen LogP contribution >= 0.6 is 0 Å². The van der Waals surface area contributed by atoms with Gasteiger partial charge in [0.25, 0.3) is 0 Å². The molecule has 6 nitrogen and oxygen atoms in total. The highest BCUT2D eigenvalue weighted by Gasteiger charge is 2.49. The van der Waals surface area contributed by atoms with Crippen LogP contribution in [0.5, 0.6) is 0 Å². The Morgan fingerprint density at radius 1 is 1.04 bits per heavy atom. The van der Waals surface area contributed by atoms with Gasteiger partial charge in [-0.3, -0.25) is 14.4 Å². The van der Waals surface area contributed by atoms with E-state index in [9.17, 15) is 14.4 Å². The molecule has 0 bridgehead atoms. The maximum Gasteiger partial charge on any atom is 0.305 e. The first-order valence-corrected chi connectivity index (χ1v) is 9.34. The van der Waals surface area contributed by atoms with Gasteiger partial charge in [0.05, 0.1) is 11.8 Å². The summed E-state index contributed by atoms with van der Waals surface area (Å²) in [5.74, 6) is -1.22. The van der Waals surface area contributed by atoms with E-state index in [0.717, 1.165) is 16.8 Å². The van der Waals surface area contributed by atoms with E-state index in [1.807, 2.05) is 54.6 Å². The van der Waals surface area contributed by atoms with Gasteiger partial charge in [-0.15, -0.1) is 0 Å². The van der Waals surface area contributed by atoms with Crippen LogP contribution in [0.25, 0.3) is 0 Å². The number of nitrogens with zero attached hydrogens (tertiary/aromatic N) is 1. The molecule has 3 rings (SSSR count). The summed E-state index contributed by atoms with van der Waals surface area (Å²) < 4.78 is 0. The summed E-state index contributed by atoms with van der Waals surface area (Å²) in [6, 6.07) is 17.5.